The molecule has 2 aliphatic heterocycles. The number of likely N-dealkylation sites (tertiary alicyclic amines) is 2. The molecule has 1 aliphatic carbocycles. The summed E-state index contributed by atoms with van der Waals surface area (Å²) in [5.41, 5.74) is 1.02. The first-order chi connectivity index (χ1) is 15.7. The van der Waals surface area contributed by atoms with E-state index in [1.165, 1.54) is 12.8 Å². The number of benzene rings is 1. The number of hydrogen-bond donors (Lipinski definition) is 1. The molecule has 0 unspecified atom stereocenters. The first-order valence-electron chi connectivity index (χ1n) is 11.9. The first-order valence-corrected chi connectivity index (χ1v) is 11.9. The Labute approximate surface area is 188 Å². The van der Waals surface area contributed by atoms with E-state index in [9.17, 15) is 9.59 Å². The molecule has 3 fully saturated rings. The van der Waals surface area contributed by atoms with Crippen LogP contribution in [0.2, 0.25) is 0 Å². The zero-order chi connectivity index (χ0) is 21.9. The molecule has 5 rings (SSSR count). The lowest BCUT2D eigenvalue weighted by molar-refractivity contribution is -0.140. The van der Waals surface area contributed by atoms with Gasteiger partial charge < -0.3 is 9.80 Å². The highest BCUT2D eigenvalue weighted by molar-refractivity contribution is 5.92. The Morgan fingerprint density at radius 2 is 1.56 bits per heavy atom. The summed E-state index contributed by atoms with van der Waals surface area (Å²) in [5, 5.41) is 7.51. The Morgan fingerprint density at radius 3 is 2.25 bits per heavy atom. The van der Waals surface area contributed by atoms with Gasteiger partial charge in [0.15, 0.2) is 5.82 Å². The Kier molecular flexibility index (Phi) is 6.06. The molecule has 0 bridgehead atoms. The average molecular weight is 434 g/mol. The van der Waals surface area contributed by atoms with Crippen LogP contribution >= 0.6 is 0 Å². The van der Waals surface area contributed by atoms with Gasteiger partial charge in [0.05, 0.1) is 0 Å². The predicted octanol–water partition coefficient (Wildman–Crippen LogP) is 3.34. The van der Waals surface area contributed by atoms with Crippen LogP contribution in [0, 0.1) is 5.92 Å². The molecule has 0 spiro atoms. The number of aromatic nitrogens is 3. The second-order valence-electron chi connectivity index (χ2n) is 9.30. The van der Waals surface area contributed by atoms with Crippen molar-refractivity contribution in [2.45, 2.75) is 50.4 Å². The van der Waals surface area contributed by atoms with Gasteiger partial charge in [0, 0.05) is 50.0 Å². The fourth-order valence-electron chi connectivity index (χ4n) is 4.81. The molecule has 1 aromatic heterocycles. The van der Waals surface area contributed by atoms with Crippen LogP contribution < -0.4 is 0 Å². The summed E-state index contributed by atoms with van der Waals surface area (Å²) in [5.74, 6) is 3.21. The third-order valence-electron chi connectivity index (χ3n) is 7.03. The zero-order valence-electron chi connectivity index (χ0n) is 18.4. The van der Waals surface area contributed by atoms with Crippen LogP contribution in [0.4, 0.5) is 0 Å². The summed E-state index contributed by atoms with van der Waals surface area (Å²) in [6.07, 6.45) is 9.27. The smallest absolute Gasteiger partial charge is 0.246 e. The van der Waals surface area contributed by atoms with Crippen molar-refractivity contribution in [2.24, 2.45) is 5.92 Å². The van der Waals surface area contributed by atoms with E-state index in [0.29, 0.717) is 24.9 Å². The van der Waals surface area contributed by atoms with Gasteiger partial charge in [0.25, 0.3) is 0 Å². The van der Waals surface area contributed by atoms with Gasteiger partial charge in [-0.3, -0.25) is 14.7 Å². The van der Waals surface area contributed by atoms with Gasteiger partial charge >= 0.3 is 0 Å². The standard InChI is InChI=1S/C25H31N5O2/c31-22(9-6-18-4-2-1-3-5-18)29-14-12-21(13-15-29)25(32)30-16-10-20(11-17-30)24-26-23(27-28-24)19-7-8-19/h1-6,9,19-21H,7-8,10-17H2,(H,26,27,28)/b9-6+. The normalized spacial score (nSPS) is 20.8. The molecule has 2 amide bonds. The van der Waals surface area contributed by atoms with Gasteiger partial charge in [-0.15, -0.1) is 0 Å². The topological polar surface area (TPSA) is 82.2 Å². The summed E-state index contributed by atoms with van der Waals surface area (Å²) in [7, 11) is 0. The van der Waals surface area contributed by atoms with Crippen molar-refractivity contribution >= 4 is 17.9 Å². The van der Waals surface area contributed by atoms with Crippen LogP contribution in [0.3, 0.4) is 0 Å². The zero-order valence-corrected chi connectivity index (χ0v) is 18.4. The van der Waals surface area contributed by atoms with Gasteiger partial charge in [-0.05, 0) is 50.2 Å². The van der Waals surface area contributed by atoms with Crippen molar-refractivity contribution in [2.75, 3.05) is 26.2 Å². The molecule has 2 aromatic rings. The molecule has 0 atom stereocenters. The Hall–Kier alpha value is -2.96. The van der Waals surface area contributed by atoms with Crippen molar-refractivity contribution in [3.8, 4) is 0 Å². The number of aromatic amines is 1. The van der Waals surface area contributed by atoms with E-state index in [1.54, 1.807) is 6.08 Å². The largest absolute Gasteiger partial charge is 0.342 e. The third kappa shape index (κ3) is 4.76. The Morgan fingerprint density at radius 1 is 0.875 bits per heavy atom. The number of amides is 2. The van der Waals surface area contributed by atoms with Crippen LogP contribution in [-0.2, 0) is 9.59 Å². The molecule has 32 heavy (non-hydrogen) atoms. The molecule has 1 saturated carbocycles. The van der Waals surface area contributed by atoms with Crippen molar-refractivity contribution in [3.05, 3.63) is 53.6 Å². The number of carbonyl (C=O) groups excluding carboxylic acids is 2. The van der Waals surface area contributed by atoms with Crippen molar-refractivity contribution < 1.29 is 9.59 Å². The maximum absolute atomic E-state index is 13.1. The van der Waals surface area contributed by atoms with Crippen LogP contribution in [0.5, 0.6) is 0 Å². The lowest BCUT2D eigenvalue weighted by Gasteiger charge is -2.36. The minimum atomic E-state index is 0.0261. The number of nitrogens with one attached hydrogen (secondary N) is 1. The van der Waals surface area contributed by atoms with E-state index in [4.69, 9.17) is 4.98 Å². The van der Waals surface area contributed by atoms with Crippen molar-refractivity contribution in [1.29, 1.82) is 0 Å². The summed E-state index contributed by atoms with van der Waals surface area (Å²) >= 11 is 0. The minimum Gasteiger partial charge on any atom is -0.342 e. The van der Waals surface area contributed by atoms with E-state index in [-0.39, 0.29) is 17.7 Å². The third-order valence-corrected chi connectivity index (χ3v) is 7.03. The molecule has 1 N–H and O–H groups in total. The van der Waals surface area contributed by atoms with Gasteiger partial charge in [-0.25, -0.2) is 4.98 Å². The summed E-state index contributed by atoms with van der Waals surface area (Å²) in [6.45, 7) is 2.85. The molecule has 7 nitrogen and oxygen atoms in total. The number of nitrogens with zero attached hydrogens (tertiary/aromatic N) is 4. The quantitative estimate of drug-likeness (QED) is 0.733. The van der Waals surface area contributed by atoms with Crippen LogP contribution in [-0.4, -0.2) is 63.0 Å². The van der Waals surface area contributed by atoms with Gasteiger partial charge in [-0.1, -0.05) is 30.3 Å². The van der Waals surface area contributed by atoms with Gasteiger partial charge in [-0.2, -0.15) is 5.10 Å². The number of hydrogen-bond acceptors (Lipinski definition) is 4. The fraction of sp³-hybridized carbons (Fsp3) is 0.520. The van der Waals surface area contributed by atoms with Crippen LogP contribution in [0.25, 0.3) is 6.08 Å². The highest BCUT2D eigenvalue weighted by atomic mass is 16.2. The highest BCUT2D eigenvalue weighted by Gasteiger charge is 2.33. The van der Waals surface area contributed by atoms with Crippen molar-refractivity contribution in [3.63, 3.8) is 0 Å². The maximum atomic E-state index is 13.1. The van der Waals surface area contributed by atoms with E-state index < -0.39 is 0 Å². The Balaban J connectivity index is 1.08. The van der Waals surface area contributed by atoms with E-state index in [0.717, 1.165) is 56.0 Å². The molecule has 1 aromatic carbocycles. The van der Waals surface area contributed by atoms with E-state index >= 15 is 0 Å². The lowest BCUT2D eigenvalue weighted by Crippen LogP contribution is -2.46. The minimum absolute atomic E-state index is 0.0261. The molecule has 168 valence electrons. The predicted molar refractivity (Wildman–Crippen MR) is 122 cm³/mol. The molecule has 3 aliphatic rings. The molecule has 7 heteroatoms. The molecular weight excluding hydrogens is 402 g/mol. The van der Waals surface area contributed by atoms with Crippen LogP contribution in [0.15, 0.2) is 36.4 Å². The monoisotopic (exact) mass is 433 g/mol. The number of rotatable bonds is 5. The maximum Gasteiger partial charge on any atom is 0.246 e. The molecule has 3 heterocycles. The fourth-order valence-corrected chi connectivity index (χ4v) is 4.81. The average Bonchev–Trinajstić information content (AvgIpc) is 3.59. The van der Waals surface area contributed by atoms with Gasteiger partial charge in [0.2, 0.25) is 11.8 Å². The summed E-state index contributed by atoms with van der Waals surface area (Å²) in [6, 6.07) is 9.84. The van der Waals surface area contributed by atoms with Crippen molar-refractivity contribution in [1.82, 2.24) is 25.0 Å². The molecule has 2 saturated heterocycles. The second kappa shape index (κ2) is 9.27. The number of carbonyl (C=O) groups is 2. The first kappa shape index (κ1) is 20.9. The highest BCUT2D eigenvalue weighted by Crippen LogP contribution is 2.38. The summed E-state index contributed by atoms with van der Waals surface area (Å²) in [4.78, 5) is 34.1. The number of H-pyrrole nitrogens is 1. The van der Waals surface area contributed by atoms with E-state index in [2.05, 4.69) is 10.2 Å². The van der Waals surface area contributed by atoms with E-state index in [1.807, 2.05) is 46.2 Å². The SMILES string of the molecule is O=C(/C=C/c1ccccc1)N1CCC(C(=O)N2CCC(c3nc(C4CC4)n[nH]3)CC2)CC1. The van der Waals surface area contributed by atoms with Gasteiger partial charge in [0.1, 0.15) is 5.82 Å². The van der Waals surface area contributed by atoms with Crippen LogP contribution in [0.1, 0.15) is 67.6 Å². The number of piperidine rings is 2. The summed E-state index contributed by atoms with van der Waals surface area (Å²) < 4.78 is 0. The second-order valence-corrected chi connectivity index (χ2v) is 9.30. The molecule has 0 radical (unpaired) electrons. The molecular formula is C25H31N5O2. The lowest BCUT2D eigenvalue weighted by atomic mass is 9.91. The Bertz CT molecular complexity index is 965.